The summed E-state index contributed by atoms with van der Waals surface area (Å²) in [5, 5.41) is 0. The quantitative estimate of drug-likeness (QED) is 0.316. The van der Waals surface area contributed by atoms with Crippen molar-refractivity contribution in [3.05, 3.63) is 9.75 Å². The Balaban J connectivity index is 2.85. The Morgan fingerprint density at radius 1 is 0.516 bits per heavy atom. The predicted octanol–water partition coefficient (Wildman–Crippen LogP) is 5.21. The molecule has 0 radical (unpaired) electrons. The van der Waals surface area contributed by atoms with Gasteiger partial charge in [0.1, 0.15) is 13.2 Å². The van der Waals surface area contributed by atoms with Crippen LogP contribution in [0, 0.1) is 0 Å². The lowest BCUT2D eigenvalue weighted by atomic mass is 9.91. The summed E-state index contributed by atoms with van der Waals surface area (Å²) in [6, 6.07) is 0. The zero-order chi connectivity index (χ0) is 23.3. The van der Waals surface area contributed by atoms with Gasteiger partial charge in [0.2, 0.25) is 0 Å². The largest absolute Gasteiger partial charge is 0.486 e. The van der Waals surface area contributed by atoms with Crippen LogP contribution < -0.4 is 9.47 Å². The molecule has 6 nitrogen and oxygen atoms in total. The van der Waals surface area contributed by atoms with Crippen molar-refractivity contribution < 1.29 is 28.4 Å². The average molecular weight is 461 g/mol. The average Bonchev–Trinajstić information content (AvgIpc) is 3.06. The first kappa shape index (κ1) is 28.2. The maximum absolute atomic E-state index is 6.25. The van der Waals surface area contributed by atoms with Crippen LogP contribution >= 0.6 is 11.3 Å². The molecule has 0 saturated heterocycles. The smallest absolute Gasteiger partial charge is 0.176 e. The summed E-state index contributed by atoms with van der Waals surface area (Å²) >= 11 is 1.78. The first-order valence-corrected chi connectivity index (χ1v) is 12.2. The molecule has 0 aliphatic carbocycles. The van der Waals surface area contributed by atoms with Crippen LogP contribution in [-0.2, 0) is 29.8 Å². The molecule has 0 aromatic carbocycles. The molecule has 0 atom stereocenters. The highest BCUT2D eigenvalue weighted by molar-refractivity contribution is 7.13. The molecule has 0 amide bonds. The third-order valence-corrected chi connectivity index (χ3v) is 6.29. The van der Waals surface area contributed by atoms with Crippen LogP contribution in [0.5, 0.6) is 11.5 Å². The van der Waals surface area contributed by atoms with Gasteiger partial charge in [-0.2, -0.15) is 0 Å². The number of hydrogen-bond acceptors (Lipinski definition) is 7. The van der Waals surface area contributed by atoms with Crippen molar-refractivity contribution in [3.8, 4) is 11.5 Å². The van der Waals surface area contributed by atoms with Gasteiger partial charge in [-0.05, 0) is 13.8 Å². The number of ether oxygens (including phenoxy) is 6. The van der Waals surface area contributed by atoms with Gasteiger partial charge in [-0.15, -0.1) is 11.3 Å². The van der Waals surface area contributed by atoms with Crippen molar-refractivity contribution in [2.45, 2.75) is 66.2 Å². The highest BCUT2D eigenvalue weighted by Crippen LogP contribution is 2.51. The van der Waals surface area contributed by atoms with Gasteiger partial charge < -0.3 is 28.4 Å². The fourth-order valence-corrected chi connectivity index (χ4v) is 4.09. The van der Waals surface area contributed by atoms with Crippen LogP contribution in [0.1, 0.15) is 65.1 Å². The van der Waals surface area contributed by atoms with E-state index in [1.807, 2.05) is 13.8 Å². The van der Waals surface area contributed by atoms with Crippen molar-refractivity contribution in [2.24, 2.45) is 0 Å². The van der Waals surface area contributed by atoms with E-state index in [2.05, 4.69) is 41.5 Å². The number of thiophene rings is 1. The third-order valence-electron chi connectivity index (χ3n) is 4.29. The summed E-state index contributed by atoms with van der Waals surface area (Å²) in [6.07, 6.45) is 0. The van der Waals surface area contributed by atoms with Crippen molar-refractivity contribution in [2.75, 3.05) is 66.1 Å². The summed E-state index contributed by atoms with van der Waals surface area (Å²) in [4.78, 5) is 2.39. The Hall–Kier alpha value is -0.860. The Bertz CT molecular complexity index is 550. The SMILES string of the molecule is CCOCCOCCOc1c(C(C)(C)C)sc(C(C)(C)C)c1OCCOCCOCC. The molecule has 0 bridgehead atoms. The predicted molar refractivity (Wildman–Crippen MR) is 127 cm³/mol. The van der Waals surface area contributed by atoms with E-state index in [1.165, 1.54) is 9.75 Å². The molecule has 0 N–H and O–H groups in total. The lowest BCUT2D eigenvalue weighted by Gasteiger charge is -2.20. The van der Waals surface area contributed by atoms with E-state index < -0.39 is 0 Å². The van der Waals surface area contributed by atoms with Crippen molar-refractivity contribution in [1.29, 1.82) is 0 Å². The highest BCUT2D eigenvalue weighted by atomic mass is 32.1. The van der Waals surface area contributed by atoms with Gasteiger partial charge in [-0.3, -0.25) is 0 Å². The van der Waals surface area contributed by atoms with Crippen molar-refractivity contribution in [1.82, 2.24) is 0 Å². The first-order valence-electron chi connectivity index (χ1n) is 11.4. The Kier molecular flexibility index (Phi) is 13.0. The lowest BCUT2D eigenvalue weighted by Crippen LogP contribution is -2.16. The normalized spacial score (nSPS) is 12.4. The zero-order valence-electron chi connectivity index (χ0n) is 20.9. The molecule has 1 heterocycles. The van der Waals surface area contributed by atoms with E-state index in [9.17, 15) is 0 Å². The molecule has 182 valence electrons. The van der Waals surface area contributed by atoms with Crippen molar-refractivity contribution in [3.63, 3.8) is 0 Å². The van der Waals surface area contributed by atoms with Gasteiger partial charge in [0, 0.05) is 24.0 Å². The van der Waals surface area contributed by atoms with E-state index in [0.717, 1.165) is 11.5 Å². The lowest BCUT2D eigenvalue weighted by molar-refractivity contribution is 0.0367. The van der Waals surface area contributed by atoms with Crippen LogP contribution in [0.15, 0.2) is 0 Å². The molecule has 0 fully saturated rings. The van der Waals surface area contributed by atoms with E-state index in [0.29, 0.717) is 66.1 Å². The fraction of sp³-hybridized carbons (Fsp3) is 0.833. The van der Waals surface area contributed by atoms with Crippen LogP contribution in [0.2, 0.25) is 0 Å². The second-order valence-corrected chi connectivity index (χ2v) is 10.3. The summed E-state index contributed by atoms with van der Waals surface area (Å²) < 4.78 is 34.3. The van der Waals surface area contributed by atoms with E-state index in [-0.39, 0.29) is 10.8 Å². The monoisotopic (exact) mass is 460 g/mol. The van der Waals surface area contributed by atoms with E-state index in [4.69, 9.17) is 28.4 Å². The first-order chi connectivity index (χ1) is 14.6. The number of rotatable bonds is 16. The zero-order valence-corrected chi connectivity index (χ0v) is 21.7. The van der Waals surface area contributed by atoms with Gasteiger partial charge in [0.15, 0.2) is 11.5 Å². The summed E-state index contributed by atoms with van der Waals surface area (Å²) in [6.45, 7) is 22.9. The van der Waals surface area contributed by atoms with Gasteiger partial charge in [0.05, 0.1) is 49.4 Å². The minimum atomic E-state index is -0.0502. The fourth-order valence-electron chi connectivity index (χ4n) is 2.78. The molecule has 0 spiro atoms. The molecular formula is C24H44O6S. The maximum atomic E-state index is 6.25. The second-order valence-electron chi connectivity index (χ2n) is 9.23. The Morgan fingerprint density at radius 2 is 0.839 bits per heavy atom. The molecule has 1 rings (SSSR count). The van der Waals surface area contributed by atoms with Crippen LogP contribution in [0.4, 0.5) is 0 Å². The minimum Gasteiger partial charge on any atom is -0.486 e. The highest BCUT2D eigenvalue weighted by Gasteiger charge is 2.33. The molecule has 1 aromatic heterocycles. The molecular weight excluding hydrogens is 416 g/mol. The van der Waals surface area contributed by atoms with Crippen LogP contribution in [-0.4, -0.2) is 66.1 Å². The molecule has 0 unspecified atom stereocenters. The van der Waals surface area contributed by atoms with Crippen LogP contribution in [0.25, 0.3) is 0 Å². The van der Waals surface area contributed by atoms with E-state index >= 15 is 0 Å². The summed E-state index contributed by atoms with van der Waals surface area (Å²) in [5.41, 5.74) is -0.100. The van der Waals surface area contributed by atoms with Crippen molar-refractivity contribution >= 4 is 11.3 Å². The van der Waals surface area contributed by atoms with Gasteiger partial charge in [-0.1, -0.05) is 41.5 Å². The standard InChI is InChI=1S/C24H44O6S/c1-9-25-11-13-27-15-17-29-19-20(30-18-16-28-14-12-26-10-2)22(24(6,7)8)31-21(19)23(3,4)5/h9-18H2,1-8H3. The Morgan fingerprint density at radius 3 is 1.16 bits per heavy atom. The van der Waals surface area contributed by atoms with E-state index in [1.54, 1.807) is 11.3 Å². The third kappa shape index (κ3) is 10.5. The van der Waals surface area contributed by atoms with Gasteiger partial charge >= 0.3 is 0 Å². The number of hydrogen-bond donors (Lipinski definition) is 0. The van der Waals surface area contributed by atoms with Gasteiger partial charge in [-0.25, -0.2) is 0 Å². The van der Waals surface area contributed by atoms with Crippen LogP contribution in [0.3, 0.4) is 0 Å². The molecule has 1 aromatic rings. The van der Waals surface area contributed by atoms with Gasteiger partial charge in [0.25, 0.3) is 0 Å². The minimum absolute atomic E-state index is 0.0502. The molecule has 0 saturated carbocycles. The summed E-state index contributed by atoms with van der Waals surface area (Å²) in [5.74, 6) is 1.68. The maximum Gasteiger partial charge on any atom is 0.176 e. The molecule has 31 heavy (non-hydrogen) atoms. The molecule has 7 heteroatoms. The Labute approximate surface area is 193 Å². The molecule has 0 aliphatic heterocycles. The molecule has 0 aliphatic rings. The topological polar surface area (TPSA) is 55.4 Å². The second kappa shape index (κ2) is 14.3. The summed E-state index contributed by atoms with van der Waals surface area (Å²) in [7, 11) is 0.